The van der Waals surface area contributed by atoms with Crippen LogP contribution in [0.2, 0.25) is 0 Å². The monoisotopic (exact) mass is 724 g/mol. The predicted octanol–water partition coefficient (Wildman–Crippen LogP) is 6.63. The first kappa shape index (κ1) is 38.0. The standard InChI is InChI=1S/C43H48O10/c1-26(2)31-17-16-28-10-13-29(14-11-28)22-30(15-12-27-8-6-5-7-9-27)23-36(46)50-39-37-35(53-43(3,4)40(39)52-41(31)47)19-18-32-34(24-44)33(20-21-49-25-45)42(48)51-38(32)37/h5-11,13-14,18-19,30,39-40,44-45H,12,15-17,20-25H2,1-4H3. The summed E-state index contributed by atoms with van der Waals surface area (Å²) in [5.74, 6) is -0.817. The van der Waals surface area contributed by atoms with Crippen LogP contribution in [0, 0.1) is 5.92 Å². The zero-order valence-electron chi connectivity index (χ0n) is 30.8. The first-order valence-electron chi connectivity index (χ1n) is 18.3. The van der Waals surface area contributed by atoms with E-state index in [2.05, 4.69) is 36.4 Å². The lowest BCUT2D eigenvalue weighted by Crippen LogP contribution is -2.52. The van der Waals surface area contributed by atoms with Gasteiger partial charge in [-0.3, -0.25) is 4.79 Å². The van der Waals surface area contributed by atoms with Crippen molar-refractivity contribution < 1.29 is 43.2 Å². The molecule has 3 atom stereocenters. The highest BCUT2D eigenvalue weighted by Crippen LogP contribution is 2.47. The highest BCUT2D eigenvalue weighted by Gasteiger charge is 2.50. The molecular formula is C43H48O10. The van der Waals surface area contributed by atoms with Crippen LogP contribution in [0.4, 0.5) is 0 Å². The molecule has 2 N–H and O–H groups in total. The average Bonchev–Trinajstić information content (AvgIpc) is 3.12. The maximum Gasteiger partial charge on any atom is 0.339 e. The van der Waals surface area contributed by atoms with E-state index in [0.717, 1.165) is 29.5 Å². The number of fused-ring (bicyclic) bond motifs is 13. The topological polar surface area (TPSA) is 142 Å². The fourth-order valence-electron chi connectivity index (χ4n) is 7.49. The number of aliphatic hydroxyl groups is 2. The third-order valence-corrected chi connectivity index (χ3v) is 10.3. The predicted molar refractivity (Wildman–Crippen MR) is 198 cm³/mol. The summed E-state index contributed by atoms with van der Waals surface area (Å²) in [7, 11) is 0. The number of carbonyl (C=O) groups is 2. The van der Waals surface area contributed by atoms with E-state index in [0.29, 0.717) is 41.5 Å². The Balaban J connectivity index is 1.46. The van der Waals surface area contributed by atoms with Crippen LogP contribution < -0.4 is 10.4 Å². The first-order valence-corrected chi connectivity index (χ1v) is 18.3. The lowest BCUT2D eigenvalue weighted by atomic mass is 9.86. The van der Waals surface area contributed by atoms with E-state index in [4.69, 9.17) is 28.5 Å². The van der Waals surface area contributed by atoms with E-state index in [1.807, 2.05) is 32.0 Å². The largest absolute Gasteiger partial charge is 0.483 e. The van der Waals surface area contributed by atoms with Crippen LogP contribution in [-0.4, -0.2) is 47.3 Å². The number of aryl methyl sites for hydroxylation is 2. The minimum atomic E-state index is -1.22. The molecule has 7 rings (SSSR count). The van der Waals surface area contributed by atoms with Crippen LogP contribution in [0.15, 0.2) is 87.1 Å². The van der Waals surface area contributed by atoms with Gasteiger partial charge >= 0.3 is 17.6 Å². The van der Waals surface area contributed by atoms with Gasteiger partial charge in [0.25, 0.3) is 0 Å². The average molecular weight is 725 g/mol. The first-order chi connectivity index (χ1) is 25.5. The summed E-state index contributed by atoms with van der Waals surface area (Å²) in [5, 5.41) is 20.0. The van der Waals surface area contributed by atoms with E-state index in [1.165, 1.54) is 5.56 Å². The van der Waals surface area contributed by atoms with Crippen molar-refractivity contribution in [3.8, 4) is 5.75 Å². The summed E-state index contributed by atoms with van der Waals surface area (Å²) >= 11 is 0. The van der Waals surface area contributed by atoms with Crippen molar-refractivity contribution in [1.29, 1.82) is 0 Å². The Morgan fingerprint density at radius 2 is 1.58 bits per heavy atom. The van der Waals surface area contributed by atoms with Gasteiger partial charge < -0.3 is 33.6 Å². The normalized spacial score (nSPS) is 20.3. The van der Waals surface area contributed by atoms with Crippen LogP contribution in [-0.2, 0) is 56.1 Å². The van der Waals surface area contributed by atoms with Crippen LogP contribution in [0.25, 0.3) is 11.0 Å². The summed E-state index contributed by atoms with van der Waals surface area (Å²) < 4.78 is 30.2. The van der Waals surface area contributed by atoms with Gasteiger partial charge in [0.2, 0.25) is 0 Å². The number of esters is 2. The second kappa shape index (κ2) is 16.5. The van der Waals surface area contributed by atoms with Crippen LogP contribution in [0.3, 0.4) is 0 Å². The van der Waals surface area contributed by atoms with E-state index in [1.54, 1.807) is 26.0 Å². The maximum atomic E-state index is 14.2. The Morgan fingerprint density at radius 1 is 0.849 bits per heavy atom. The fourth-order valence-corrected chi connectivity index (χ4v) is 7.49. The van der Waals surface area contributed by atoms with Gasteiger partial charge in [-0.05, 0) is 100 Å². The van der Waals surface area contributed by atoms with Gasteiger partial charge in [-0.25, -0.2) is 9.59 Å². The van der Waals surface area contributed by atoms with Crippen molar-refractivity contribution in [2.75, 3.05) is 13.4 Å². The molecule has 1 aromatic heterocycles. The molecule has 4 heterocycles. The molecule has 3 aliphatic heterocycles. The SMILES string of the molecule is CC(C)=C1CCc2ccc(cc2)CC(CCc2ccccc2)CC(=O)OC2c3c(ccc4c(CO)c(CCOCO)c(=O)oc34)OC(C)(C)C2OC1=O. The molecule has 0 amide bonds. The Hall–Kier alpha value is -4.77. The quantitative estimate of drug-likeness (QED) is 0.0669. The summed E-state index contributed by atoms with van der Waals surface area (Å²) in [5.41, 5.74) is 3.61. The van der Waals surface area contributed by atoms with Crippen LogP contribution in [0.5, 0.6) is 5.75 Å². The minimum Gasteiger partial charge on any atom is -0.483 e. The molecule has 0 aliphatic carbocycles. The highest BCUT2D eigenvalue weighted by atomic mass is 16.6. The van der Waals surface area contributed by atoms with Crippen LogP contribution >= 0.6 is 0 Å². The van der Waals surface area contributed by atoms with E-state index >= 15 is 0 Å². The van der Waals surface area contributed by atoms with E-state index < -0.39 is 48.8 Å². The summed E-state index contributed by atoms with van der Waals surface area (Å²) in [6.45, 7) is 6.29. The number of aliphatic hydroxyl groups excluding tert-OH is 2. The molecular weight excluding hydrogens is 676 g/mol. The molecule has 280 valence electrons. The summed E-state index contributed by atoms with van der Waals surface area (Å²) in [6, 6.07) is 21.9. The molecule has 0 radical (unpaired) electrons. The Labute approximate surface area is 309 Å². The van der Waals surface area contributed by atoms with Crippen molar-refractivity contribution in [1.82, 2.24) is 0 Å². The van der Waals surface area contributed by atoms with E-state index in [9.17, 15) is 19.5 Å². The highest BCUT2D eigenvalue weighted by molar-refractivity contribution is 5.90. The molecule has 3 aromatic carbocycles. The van der Waals surface area contributed by atoms with Gasteiger partial charge in [-0.1, -0.05) is 60.2 Å². The Kier molecular flexibility index (Phi) is 11.8. The fraction of sp³-hybridized carbons (Fsp3) is 0.419. The lowest BCUT2D eigenvalue weighted by molar-refractivity contribution is -0.188. The zero-order chi connectivity index (χ0) is 37.7. The molecule has 0 saturated heterocycles. The number of carbonyl (C=O) groups excluding carboxylic acids is 2. The maximum absolute atomic E-state index is 14.2. The van der Waals surface area contributed by atoms with Gasteiger partial charge in [0.15, 0.2) is 12.2 Å². The molecule has 3 unspecified atom stereocenters. The second-order valence-corrected chi connectivity index (χ2v) is 14.7. The van der Waals surface area contributed by atoms with Gasteiger partial charge in [0.05, 0.1) is 18.8 Å². The molecule has 0 saturated carbocycles. The second-order valence-electron chi connectivity index (χ2n) is 14.7. The van der Waals surface area contributed by atoms with Crippen molar-refractivity contribution in [2.45, 2.75) is 97.1 Å². The number of hydrogen-bond acceptors (Lipinski definition) is 10. The molecule has 53 heavy (non-hydrogen) atoms. The lowest BCUT2D eigenvalue weighted by Gasteiger charge is -2.43. The van der Waals surface area contributed by atoms with Crippen molar-refractivity contribution in [3.63, 3.8) is 0 Å². The van der Waals surface area contributed by atoms with Crippen molar-refractivity contribution in [3.05, 3.63) is 122 Å². The number of rotatable bonds is 8. The van der Waals surface area contributed by atoms with E-state index in [-0.39, 0.29) is 42.1 Å². The van der Waals surface area contributed by atoms with Crippen LogP contribution in [0.1, 0.15) is 86.4 Å². The smallest absolute Gasteiger partial charge is 0.339 e. The summed E-state index contributed by atoms with van der Waals surface area (Å²) in [4.78, 5) is 41.8. The number of benzene rings is 3. The summed E-state index contributed by atoms with van der Waals surface area (Å²) in [6.07, 6.45) is 1.07. The Bertz CT molecular complexity index is 2020. The van der Waals surface area contributed by atoms with Crippen molar-refractivity contribution >= 4 is 22.9 Å². The third kappa shape index (κ3) is 8.56. The van der Waals surface area contributed by atoms with Gasteiger partial charge in [-0.15, -0.1) is 0 Å². The van der Waals surface area contributed by atoms with Gasteiger partial charge in [-0.2, -0.15) is 0 Å². The minimum absolute atomic E-state index is 0.0301. The number of ether oxygens (including phenoxy) is 4. The molecule has 0 spiro atoms. The third-order valence-electron chi connectivity index (χ3n) is 10.3. The van der Waals surface area contributed by atoms with Crippen molar-refractivity contribution in [2.24, 2.45) is 5.92 Å². The number of allylic oxidation sites excluding steroid dienone is 1. The van der Waals surface area contributed by atoms with Gasteiger partial charge in [0, 0.05) is 29.4 Å². The number of hydrogen-bond donors (Lipinski definition) is 2. The Morgan fingerprint density at radius 3 is 2.28 bits per heavy atom. The zero-order valence-corrected chi connectivity index (χ0v) is 30.8. The molecule has 2 bridgehead atoms. The molecule has 0 fully saturated rings. The molecule has 4 aromatic rings. The van der Waals surface area contributed by atoms with Gasteiger partial charge in [0.1, 0.15) is 23.7 Å². The molecule has 10 nitrogen and oxygen atoms in total. The molecule has 3 aliphatic rings. The molecule has 10 heteroatoms.